The lowest BCUT2D eigenvalue weighted by molar-refractivity contribution is 0.106. The molecular weight excluding hydrogens is 253 g/mol. The first kappa shape index (κ1) is 11.6. The third kappa shape index (κ3) is 2.51. The Balaban J connectivity index is 2.95. The summed E-state index contributed by atoms with van der Waals surface area (Å²) in [5.41, 5.74) is 5.47. The molecule has 78 valence electrons. The number of rotatable bonds is 3. The SMILES string of the molecule is NC(CO)C(O)c1ccc(Br)cc1F. The molecule has 5 heteroatoms. The molecule has 1 rings (SSSR count). The Morgan fingerprint density at radius 1 is 1.50 bits per heavy atom. The van der Waals surface area contributed by atoms with Gasteiger partial charge in [-0.2, -0.15) is 0 Å². The van der Waals surface area contributed by atoms with Crippen LogP contribution in [0.2, 0.25) is 0 Å². The van der Waals surface area contributed by atoms with Crippen molar-refractivity contribution in [3.05, 3.63) is 34.1 Å². The third-order valence-corrected chi connectivity index (χ3v) is 2.39. The van der Waals surface area contributed by atoms with Crippen LogP contribution in [-0.2, 0) is 0 Å². The molecule has 0 aliphatic carbocycles. The first-order valence-electron chi connectivity index (χ1n) is 4.05. The van der Waals surface area contributed by atoms with E-state index < -0.39 is 24.6 Å². The number of aliphatic hydroxyl groups is 2. The van der Waals surface area contributed by atoms with Gasteiger partial charge < -0.3 is 15.9 Å². The van der Waals surface area contributed by atoms with Gasteiger partial charge in [-0.05, 0) is 12.1 Å². The molecule has 0 aliphatic heterocycles. The highest BCUT2D eigenvalue weighted by Gasteiger charge is 2.19. The number of nitrogens with two attached hydrogens (primary N) is 1. The van der Waals surface area contributed by atoms with Crippen LogP contribution in [0.25, 0.3) is 0 Å². The highest BCUT2D eigenvalue weighted by molar-refractivity contribution is 9.10. The number of benzene rings is 1. The van der Waals surface area contributed by atoms with Gasteiger partial charge in [0.15, 0.2) is 0 Å². The summed E-state index contributed by atoms with van der Waals surface area (Å²) in [6.45, 7) is -0.392. The monoisotopic (exact) mass is 263 g/mol. The van der Waals surface area contributed by atoms with Gasteiger partial charge in [-0.25, -0.2) is 4.39 Å². The van der Waals surface area contributed by atoms with Gasteiger partial charge in [0.05, 0.1) is 18.8 Å². The Morgan fingerprint density at radius 2 is 2.14 bits per heavy atom. The fourth-order valence-corrected chi connectivity index (χ4v) is 1.40. The quantitative estimate of drug-likeness (QED) is 0.761. The molecule has 0 aromatic heterocycles. The summed E-state index contributed by atoms with van der Waals surface area (Å²) in [5, 5.41) is 18.2. The molecule has 2 atom stereocenters. The molecule has 4 N–H and O–H groups in total. The van der Waals surface area contributed by atoms with Crippen molar-refractivity contribution < 1.29 is 14.6 Å². The second-order valence-electron chi connectivity index (χ2n) is 2.96. The normalized spacial score (nSPS) is 15.2. The molecule has 0 amide bonds. The van der Waals surface area contributed by atoms with E-state index in [-0.39, 0.29) is 5.56 Å². The molecule has 0 aliphatic rings. The van der Waals surface area contributed by atoms with Crippen molar-refractivity contribution in [3.63, 3.8) is 0 Å². The van der Waals surface area contributed by atoms with E-state index in [0.29, 0.717) is 4.47 Å². The van der Waals surface area contributed by atoms with Crippen LogP contribution in [-0.4, -0.2) is 22.9 Å². The minimum atomic E-state index is -1.19. The zero-order chi connectivity index (χ0) is 10.7. The maximum Gasteiger partial charge on any atom is 0.130 e. The molecule has 0 radical (unpaired) electrons. The lowest BCUT2D eigenvalue weighted by atomic mass is 10.0. The maximum atomic E-state index is 13.3. The minimum Gasteiger partial charge on any atom is -0.395 e. The fourth-order valence-electron chi connectivity index (χ4n) is 1.07. The van der Waals surface area contributed by atoms with E-state index in [2.05, 4.69) is 15.9 Å². The van der Waals surface area contributed by atoms with Crippen LogP contribution < -0.4 is 5.73 Å². The lowest BCUT2D eigenvalue weighted by Gasteiger charge is -2.17. The second kappa shape index (κ2) is 4.84. The third-order valence-electron chi connectivity index (χ3n) is 1.90. The molecule has 2 unspecified atom stereocenters. The van der Waals surface area contributed by atoms with E-state index in [1.807, 2.05) is 0 Å². The predicted molar refractivity (Wildman–Crippen MR) is 54.1 cm³/mol. The fraction of sp³-hybridized carbons (Fsp3) is 0.333. The molecule has 14 heavy (non-hydrogen) atoms. The summed E-state index contributed by atoms with van der Waals surface area (Å²) in [6.07, 6.45) is -1.19. The molecule has 0 bridgehead atoms. The van der Waals surface area contributed by atoms with Crippen LogP contribution in [0.1, 0.15) is 11.7 Å². The molecular formula is C9H11BrFNO2. The summed E-state index contributed by atoms with van der Waals surface area (Å²) in [7, 11) is 0. The van der Waals surface area contributed by atoms with Gasteiger partial charge in [0.1, 0.15) is 5.82 Å². The number of hydrogen-bond acceptors (Lipinski definition) is 3. The minimum absolute atomic E-state index is 0.0924. The first-order valence-corrected chi connectivity index (χ1v) is 4.85. The van der Waals surface area contributed by atoms with E-state index in [1.54, 1.807) is 6.07 Å². The van der Waals surface area contributed by atoms with Crippen molar-refractivity contribution >= 4 is 15.9 Å². The van der Waals surface area contributed by atoms with Crippen LogP contribution in [0.3, 0.4) is 0 Å². The molecule has 1 aromatic rings. The van der Waals surface area contributed by atoms with E-state index in [4.69, 9.17) is 10.8 Å². The van der Waals surface area contributed by atoms with Crippen LogP contribution >= 0.6 is 15.9 Å². The Kier molecular flexibility index (Phi) is 4.00. The smallest absolute Gasteiger partial charge is 0.130 e. The van der Waals surface area contributed by atoms with Gasteiger partial charge in [-0.3, -0.25) is 0 Å². The summed E-state index contributed by atoms with van der Waals surface area (Å²) in [4.78, 5) is 0. The summed E-state index contributed by atoms with van der Waals surface area (Å²) in [5.74, 6) is -0.546. The number of aliphatic hydroxyl groups excluding tert-OH is 2. The average molecular weight is 264 g/mol. The summed E-state index contributed by atoms with van der Waals surface area (Å²) >= 11 is 3.10. The van der Waals surface area contributed by atoms with Crippen LogP contribution in [0.15, 0.2) is 22.7 Å². The van der Waals surface area contributed by atoms with E-state index >= 15 is 0 Å². The summed E-state index contributed by atoms with van der Waals surface area (Å²) in [6, 6.07) is 3.40. The molecule has 0 saturated heterocycles. The van der Waals surface area contributed by atoms with Crippen molar-refractivity contribution in [2.24, 2.45) is 5.73 Å². The maximum absolute atomic E-state index is 13.3. The van der Waals surface area contributed by atoms with Gasteiger partial charge in [0.25, 0.3) is 0 Å². The molecule has 1 aromatic carbocycles. The topological polar surface area (TPSA) is 66.5 Å². The van der Waals surface area contributed by atoms with Crippen LogP contribution in [0.4, 0.5) is 4.39 Å². The number of halogens is 2. The summed E-state index contributed by atoms with van der Waals surface area (Å²) < 4.78 is 13.9. The van der Waals surface area contributed by atoms with Crippen LogP contribution in [0, 0.1) is 5.82 Å². The predicted octanol–water partition coefficient (Wildman–Crippen LogP) is 0.941. The molecule has 3 nitrogen and oxygen atoms in total. The number of hydrogen-bond donors (Lipinski definition) is 3. The zero-order valence-corrected chi connectivity index (χ0v) is 8.91. The zero-order valence-electron chi connectivity index (χ0n) is 7.32. The average Bonchev–Trinajstić information content (AvgIpc) is 2.15. The van der Waals surface area contributed by atoms with Gasteiger partial charge in [0, 0.05) is 10.0 Å². The van der Waals surface area contributed by atoms with Gasteiger partial charge in [0.2, 0.25) is 0 Å². The van der Waals surface area contributed by atoms with Crippen molar-refractivity contribution in [1.82, 2.24) is 0 Å². The highest BCUT2D eigenvalue weighted by atomic mass is 79.9. The largest absolute Gasteiger partial charge is 0.395 e. The Morgan fingerprint density at radius 3 is 2.64 bits per heavy atom. The van der Waals surface area contributed by atoms with Crippen molar-refractivity contribution in [1.29, 1.82) is 0 Å². The molecule has 0 heterocycles. The Bertz CT molecular complexity index is 322. The Labute approximate surface area is 89.5 Å². The van der Waals surface area contributed by atoms with E-state index in [1.165, 1.54) is 12.1 Å². The van der Waals surface area contributed by atoms with E-state index in [0.717, 1.165) is 0 Å². The van der Waals surface area contributed by atoms with Crippen molar-refractivity contribution in [2.75, 3.05) is 6.61 Å². The van der Waals surface area contributed by atoms with Crippen molar-refractivity contribution in [2.45, 2.75) is 12.1 Å². The highest BCUT2D eigenvalue weighted by Crippen LogP contribution is 2.22. The second-order valence-corrected chi connectivity index (χ2v) is 3.87. The molecule has 0 fully saturated rings. The lowest BCUT2D eigenvalue weighted by Crippen LogP contribution is -2.32. The van der Waals surface area contributed by atoms with Crippen molar-refractivity contribution in [3.8, 4) is 0 Å². The standard InChI is InChI=1S/C9H11BrFNO2/c10-5-1-2-6(7(11)3-5)9(14)8(12)4-13/h1-3,8-9,13-14H,4,12H2. The molecule has 0 saturated carbocycles. The molecule has 0 spiro atoms. The van der Waals surface area contributed by atoms with Gasteiger partial charge in [-0.1, -0.05) is 22.0 Å². The van der Waals surface area contributed by atoms with E-state index in [9.17, 15) is 9.50 Å². The first-order chi connectivity index (χ1) is 6.56. The Hall–Kier alpha value is -0.490. The van der Waals surface area contributed by atoms with Gasteiger partial charge >= 0.3 is 0 Å². The van der Waals surface area contributed by atoms with Crippen LogP contribution in [0.5, 0.6) is 0 Å². The van der Waals surface area contributed by atoms with Gasteiger partial charge in [-0.15, -0.1) is 0 Å².